The minimum atomic E-state index is -2.01. The van der Waals surface area contributed by atoms with Crippen LogP contribution < -0.4 is 5.32 Å². The molecule has 12 nitrogen and oxygen atoms in total. The van der Waals surface area contributed by atoms with E-state index >= 15 is 0 Å². The van der Waals surface area contributed by atoms with Crippen LogP contribution in [0.4, 0.5) is 4.79 Å². The molecule has 4 saturated heterocycles. The number of amides is 3. The van der Waals surface area contributed by atoms with Gasteiger partial charge in [-0.15, -0.1) is 0 Å². The monoisotopic (exact) mass is 762 g/mol. The van der Waals surface area contributed by atoms with Crippen molar-refractivity contribution in [2.45, 2.75) is 89.5 Å². The van der Waals surface area contributed by atoms with Crippen molar-refractivity contribution in [3.63, 3.8) is 0 Å². The van der Waals surface area contributed by atoms with Crippen molar-refractivity contribution < 1.29 is 38.9 Å². The van der Waals surface area contributed by atoms with E-state index in [1.807, 2.05) is 0 Å². The number of rotatable bonds is 8. The van der Waals surface area contributed by atoms with Gasteiger partial charge in [0.2, 0.25) is 19.7 Å². The van der Waals surface area contributed by atoms with Gasteiger partial charge in [-0.3, -0.25) is 19.2 Å². The van der Waals surface area contributed by atoms with Crippen LogP contribution in [0.2, 0.25) is 18.1 Å². The predicted molar refractivity (Wildman–Crippen MR) is 180 cm³/mol. The molecule has 44 heavy (non-hydrogen) atoms. The normalized spacial score (nSPS) is 24.7. The van der Waals surface area contributed by atoms with Crippen molar-refractivity contribution in [3.8, 4) is 0 Å². The average molecular weight is 762 g/mol. The number of nitrogens with one attached hydrogen (secondary N) is 1. The molecular formula is C27H45B2IN4O8SSi. The second-order valence-electron chi connectivity index (χ2n) is 13.3. The van der Waals surface area contributed by atoms with E-state index in [1.165, 1.54) is 29.1 Å². The Morgan fingerprint density at radius 3 is 1.95 bits per heavy atom. The third-order valence-corrected chi connectivity index (χ3v) is 16.9. The number of carboxylic acids is 2. The van der Waals surface area contributed by atoms with Crippen molar-refractivity contribution in [1.82, 2.24) is 19.1 Å². The molecule has 0 saturated carbocycles. The van der Waals surface area contributed by atoms with Crippen LogP contribution in [0.5, 0.6) is 0 Å². The fraction of sp³-hybridized carbons (Fsp3) is 0.815. The van der Waals surface area contributed by atoms with Crippen LogP contribution in [0.1, 0.15) is 59.3 Å². The molecule has 3 amide bonds. The molecule has 2 radical (unpaired) electrons. The fourth-order valence-electron chi connectivity index (χ4n) is 5.55. The van der Waals surface area contributed by atoms with E-state index in [0.717, 1.165) is 38.3 Å². The van der Waals surface area contributed by atoms with Crippen molar-refractivity contribution in [2.24, 2.45) is 17.8 Å². The summed E-state index contributed by atoms with van der Waals surface area (Å²) in [7, 11) is 3.17. The van der Waals surface area contributed by atoms with Gasteiger partial charge >= 0.3 is 98.0 Å². The Balaban J connectivity index is 0.000000237. The molecule has 3 N–H and O–H groups in total. The summed E-state index contributed by atoms with van der Waals surface area (Å²) in [6.07, 6.45) is 5.73. The van der Waals surface area contributed by atoms with E-state index in [0.29, 0.717) is 25.4 Å². The number of halogens is 1. The topological polar surface area (TPSA) is 165 Å². The van der Waals surface area contributed by atoms with Gasteiger partial charge in [-0.2, -0.15) is 0 Å². The molecule has 0 unspecified atom stereocenters. The number of aliphatic carboxylic acids is 2. The van der Waals surface area contributed by atoms with E-state index in [1.54, 1.807) is 9.47 Å². The number of piperidine rings is 2. The average Bonchev–Trinajstić information content (AvgIpc) is 2.93. The van der Waals surface area contributed by atoms with Crippen LogP contribution in [-0.2, 0) is 23.9 Å². The van der Waals surface area contributed by atoms with Gasteiger partial charge < -0.3 is 25.0 Å². The Morgan fingerprint density at radius 1 is 1.02 bits per heavy atom. The van der Waals surface area contributed by atoms with Crippen molar-refractivity contribution in [3.05, 3.63) is 0 Å². The second kappa shape index (κ2) is 16.9. The first-order valence-electron chi connectivity index (χ1n) is 15.0. The summed E-state index contributed by atoms with van der Waals surface area (Å²) < 4.78 is 15.2. The third-order valence-electron chi connectivity index (χ3n) is 9.47. The Labute approximate surface area is 281 Å². The second-order valence-corrected chi connectivity index (χ2v) is 20.2. The smallest absolute Gasteiger partial charge is 0.327 e. The summed E-state index contributed by atoms with van der Waals surface area (Å²) in [5, 5.41) is 20.2. The largest absolute Gasteiger partial charge is 0.480 e. The molecule has 4 heterocycles. The van der Waals surface area contributed by atoms with Gasteiger partial charge in [-0.05, 0) is 30.2 Å². The Bertz CT molecular complexity index is 1070. The van der Waals surface area contributed by atoms with Gasteiger partial charge in [0.15, 0.2) is 14.0 Å². The predicted octanol–water partition coefficient (Wildman–Crippen LogP) is 3.00. The molecule has 0 aliphatic carbocycles. The van der Waals surface area contributed by atoms with Gasteiger partial charge in [-0.1, -0.05) is 33.9 Å². The summed E-state index contributed by atoms with van der Waals surface area (Å²) in [4.78, 5) is 57.2. The zero-order valence-electron chi connectivity index (χ0n) is 26.3. The first-order chi connectivity index (χ1) is 20.4. The molecule has 0 aromatic heterocycles. The van der Waals surface area contributed by atoms with Crippen LogP contribution >= 0.6 is 34.4 Å². The minimum Gasteiger partial charge on any atom is -0.480 e. The molecule has 17 heteroatoms. The van der Waals surface area contributed by atoms with Crippen molar-refractivity contribution in [1.29, 1.82) is 0 Å². The number of carbonyl (C=O) groups is 5. The van der Waals surface area contributed by atoms with E-state index in [4.69, 9.17) is 18.1 Å². The summed E-state index contributed by atoms with van der Waals surface area (Å²) in [6, 6.07) is -1.33. The quantitative estimate of drug-likeness (QED) is 0.110. The summed E-state index contributed by atoms with van der Waals surface area (Å²) in [5.74, 6) is -1.70. The van der Waals surface area contributed by atoms with Crippen LogP contribution in [0.15, 0.2) is 0 Å². The van der Waals surface area contributed by atoms with E-state index in [-0.39, 0.29) is 23.3 Å². The Kier molecular flexibility index (Phi) is 14.9. The fourth-order valence-corrected chi connectivity index (χ4v) is 9.39. The van der Waals surface area contributed by atoms with Crippen LogP contribution in [-0.4, -0.2) is 119 Å². The standard InChI is InChI=1S/C11H15BN2O4.C10H19NO3Si.C6H11BINOS/c12-11(18)14-3-1-6(2-4-14)5-7-8(10(16)17)13-9(7)15;1-10(2,3)15(4,5)11-7(9(13)14)6-8(11)12;8-5-6-1-3-9(4-2-6)11-7-10/h6-8H,1-5H2,(H,13,15)(H,16,17);7H,6H2,1-5H3,(H,13,14);6H,1-5H2/t7-,8+;7-;/m10./s1. The molecule has 244 valence electrons. The minimum absolute atomic E-state index is 0.00319. The Hall–Kier alpha value is -1.46. The SMILES string of the molecule is CC(C)(C)[Si](C)(C)N1C(=O)C[C@H]1C(=O)O.O=BSN1CCC(CI)CC1.[B]C(=O)N1CCC(C[C@H]2C(=O)N[C@@H]2C(=O)O)CC1. The number of nitrogens with zero attached hydrogens (tertiary/aromatic N) is 3. The van der Waals surface area contributed by atoms with Crippen molar-refractivity contribution in [2.75, 3.05) is 30.6 Å². The summed E-state index contributed by atoms with van der Waals surface area (Å²) in [6.45, 7) is 13.7. The number of β-lactam (4-membered cyclic amide) rings is 2. The molecule has 4 fully saturated rings. The van der Waals surface area contributed by atoms with Crippen LogP contribution in [0, 0.1) is 17.8 Å². The molecule has 0 spiro atoms. The molecule has 4 aliphatic rings. The molecular weight excluding hydrogens is 717 g/mol. The zero-order chi connectivity index (χ0) is 33.4. The summed E-state index contributed by atoms with van der Waals surface area (Å²) in [5.41, 5.74) is 0. The third kappa shape index (κ3) is 10.3. The first-order valence-corrected chi connectivity index (χ1v) is 20.3. The van der Waals surface area contributed by atoms with Crippen LogP contribution in [0.3, 0.4) is 0 Å². The first kappa shape index (κ1) is 38.7. The maximum atomic E-state index is 11.5. The van der Waals surface area contributed by atoms with Gasteiger partial charge in [0.05, 0.1) is 12.3 Å². The number of carboxylic acid groups (broad SMARTS) is 2. The molecule has 3 atom stereocenters. The van der Waals surface area contributed by atoms with Gasteiger partial charge in [-0.25, -0.2) is 4.79 Å². The number of carbonyl (C=O) groups excluding carboxylic acids is 3. The summed E-state index contributed by atoms with van der Waals surface area (Å²) >= 11 is 3.76. The van der Waals surface area contributed by atoms with E-state index < -0.39 is 44.0 Å². The Morgan fingerprint density at radius 2 is 1.57 bits per heavy atom. The number of hydrogen-bond donors (Lipinski definition) is 3. The zero-order valence-corrected chi connectivity index (χ0v) is 30.3. The number of alkyl halides is 1. The molecule has 0 bridgehead atoms. The van der Waals surface area contributed by atoms with Crippen LogP contribution in [0.25, 0.3) is 0 Å². The number of likely N-dealkylation sites (tertiary alicyclic amines) is 1. The number of hydrogen-bond acceptors (Lipinski definition) is 8. The van der Waals surface area contributed by atoms with Gasteiger partial charge in [0.1, 0.15) is 12.1 Å². The maximum absolute atomic E-state index is 11.5. The van der Waals surface area contributed by atoms with Gasteiger partial charge in [0, 0.05) is 13.1 Å². The maximum Gasteiger partial charge on any atom is 0.327 e. The molecule has 4 rings (SSSR count). The van der Waals surface area contributed by atoms with Gasteiger partial charge in [0.25, 0.3) is 0 Å². The van der Waals surface area contributed by atoms with E-state index in [9.17, 15) is 28.7 Å². The molecule has 4 aliphatic heterocycles. The molecule has 0 aromatic carbocycles. The molecule has 0 aromatic rings. The van der Waals surface area contributed by atoms with Crippen molar-refractivity contribution >= 4 is 86.5 Å². The van der Waals surface area contributed by atoms with E-state index in [2.05, 4.69) is 66.1 Å².